The van der Waals surface area contributed by atoms with Crippen LogP contribution in [0.2, 0.25) is 0 Å². The number of hydrogen-bond acceptors (Lipinski definition) is 8. The summed E-state index contributed by atoms with van der Waals surface area (Å²) in [5.74, 6) is 2.20. The van der Waals surface area contributed by atoms with Gasteiger partial charge in [-0.3, -0.25) is 13.9 Å². The summed E-state index contributed by atoms with van der Waals surface area (Å²) in [6, 6.07) is 5.17. The maximum absolute atomic E-state index is 12.0. The van der Waals surface area contributed by atoms with Crippen molar-refractivity contribution in [3.63, 3.8) is 0 Å². The molecule has 1 aromatic heterocycles. The van der Waals surface area contributed by atoms with Gasteiger partial charge < -0.3 is 30.0 Å². The van der Waals surface area contributed by atoms with Crippen molar-refractivity contribution in [3.8, 4) is 17.2 Å². The standard InChI is InChI=1S/C20H30N4O6/c1-13-18(23(2)20(27)24(3)19(13)26)22-9-8-21-11-14(25)12-30-15-6-7-16(28-4)17(10-15)29-5/h6-7,10,14,21-22,25H,8-9,11-12H2,1-5H3. The van der Waals surface area contributed by atoms with Crippen LogP contribution >= 0.6 is 0 Å². The number of anilines is 1. The summed E-state index contributed by atoms with van der Waals surface area (Å²) in [4.78, 5) is 24.1. The minimum atomic E-state index is -0.715. The molecular weight excluding hydrogens is 392 g/mol. The first-order chi connectivity index (χ1) is 14.3. The lowest BCUT2D eigenvalue weighted by molar-refractivity contribution is 0.106. The third-order valence-corrected chi connectivity index (χ3v) is 4.66. The van der Waals surface area contributed by atoms with Gasteiger partial charge in [-0.05, 0) is 19.1 Å². The number of nitrogens with one attached hydrogen (secondary N) is 2. The molecule has 0 bridgehead atoms. The third kappa shape index (κ3) is 5.55. The Labute approximate surface area is 175 Å². The summed E-state index contributed by atoms with van der Waals surface area (Å²) in [7, 11) is 6.16. The van der Waals surface area contributed by atoms with E-state index in [1.165, 1.54) is 11.6 Å². The van der Waals surface area contributed by atoms with Crippen molar-refractivity contribution in [1.82, 2.24) is 14.5 Å². The van der Waals surface area contributed by atoms with Crippen LogP contribution in [0.4, 0.5) is 5.82 Å². The summed E-state index contributed by atoms with van der Waals surface area (Å²) < 4.78 is 18.5. The zero-order valence-corrected chi connectivity index (χ0v) is 18.0. The zero-order valence-electron chi connectivity index (χ0n) is 18.0. The van der Waals surface area contributed by atoms with Crippen LogP contribution in [0.25, 0.3) is 0 Å². The fourth-order valence-corrected chi connectivity index (χ4v) is 2.96. The molecule has 166 valence electrons. The van der Waals surface area contributed by atoms with E-state index in [1.807, 2.05) is 0 Å². The Bertz CT molecular complexity index is 932. The first kappa shape index (κ1) is 23.3. The van der Waals surface area contributed by atoms with Crippen molar-refractivity contribution < 1.29 is 19.3 Å². The second-order valence-corrected chi connectivity index (χ2v) is 6.79. The number of benzene rings is 1. The van der Waals surface area contributed by atoms with E-state index in [2.05, 4.69) is 10.6 Å². The average Bonchev–Trinajstić information content (AvgIpc) is 2.76. The Hall–Kier alpha value is -2.98. The lowest BCUT2D eigenvalue weighted by Gasteiger charge is -2.16. The number of aromatic nitrogens is 2. The highest BCUT2D eigenvalue weighted by Crippen LogP contribution is 2.30. The van der Waals surface area contributed by atoms with Gasteiger partial charge in [0.25, 0.3) is 5.56 Å². The predicted octanol–water partition coefficient (Wildman–Crippen LogP) is -0.149. The summed E-state index contributed by atoms with van der Waals surface area (Å²) in [6.07, 6.45) is -0.715. The van der Waals surface area contributed by atoms with Crippen molar-refractivity contribution in [2.24, 2.45) is 14.1 Å². The van der Waals surface area contributed by atoms with E-state index >= 15 is 0 Å². The molecule has 0 aliphatic rings. The Kier molecular flexibility index (Phi) is 8.31. The summed E-state index contributed by atoms with van der Waals surface area (Å²) in [6.45, 7) is 3.11. The number of nitrogens with zero attached hydrogens (tertiary/aromatic N) is 2. The molecule has 2 aromatic rings. The minimum Gasteiger partial charge on any atom is -0.493 e. The second kappa shape index (κ2) is 10.7. The van der Waals surface area contributed by atoms with Crippen LogP contribution in [0.5, 0.6) is 17.2 Å². The molecule has 10 nitrogen and oxygen atoms in total. The minimum absolute atomic E-state index is 0.109. The first-order valence-electron chi connectivity index (χ1n) is 9.54. The molecule has 0 saturated heterocycles. The van der Waals surface area contributed by atoms with Crippen molar-refractivity contribution in [2.45, 2.75) is 13.0 Å². The second-order valence-electron chi connectivity index (χ2n) is 6.79. The Morgan fingerprint density at radius 2 is 1.77 bits per heavy atom. The molecule has 0 aliphatic heterocycles. The molecule has 30 heavy (non-hydrogen) atoms. The molecule has 0 saturated carbocycles. The van der Waals surface area contributed by atoms with Gasteiger partial charge >= 0.3 is 5.69 Å². The van der Waals surface area contributed by atoms with Crippen LogP contribution in [0.3, 0.4) is 0 Å². The maximum Gasteiger partial charge on any atom is 0.332 e. The van der Waals surface area contributed by atoms with Gasteiger partial charge in [0.15, 0.2) is 11.5 Å². The van der Waals surface area contributed by atoms with Crippen LogP contribution in [0, 0.1) is 6.92 Å². The molecule has 10 heteroatoms. The largest absolute Gasteiger partial charge is 0.493 e. The highest BCUT2D eigenvalue weighted by Gasteiger charge is 2.12. The van der Waals surface area contributed by atoms with Gasteiger partial charge in [-0.2, -0.15) is 0 Å². The number of ether oxygens (including phenoxy) is 3. The van der Waals surface area contributed by atoms with Crippen molar-refractivity contribution in [3.05, 3.63) is 44.6 Å². The lowest BCUT2D eigenvalue weighted by atomic mass is 10.3. The molecule has 0 amide bonds. The molecule has 0 spiro atoms. The smallest absolute Gasteiger partial charge is 0.332 e. The molecule has 0 radical (unpaired) electrons. The van der Waals surface area contributed by atoms with Crippen LogP contribution in [0.1, 0.15) is 5.56 Å². The van der Waals surface area contributed by atoms with Gasteiger partial charge in [0, 0.05) is 39.8 Å². The summed E-state index contributed by atoms with van der Waals surface area (Å²) in [5, 5.41) is 16.3. The zero-order chi connectivity index (χ0) is 22.3. The Morgan fingerprint density at radius 1 is 1.07 bits per heavy atom. The van der Waals surface area contributed by atoms with Crippen molar-refractivity contribution in [2.75, 3.05) is 45.8 Å². The molecule has 1 heterocycles. The number of rotatable bonds is 11. The number of aliphatic hydroxyl groups is 1. The summed E-state index contributed by atoms with van der Waals surface area (Å²) in [5.41, 5.74) is -0.233. The number of aliphatic hydroxyl groups excluding tert-OH is 1. The highest BCUT2D eigenvalue weighted by atomic mass is 16.5. The monoisotopic (exact) mass is 422 g/mol. The first-order valence-corrected chi connectivity index (χ1v) is 9.54. The van der Waals surface area contributed by atoms with E-state index < -0.39 is 6.10 Å². The molecular formula is C20H30N4O6. The maximum atomic E-state index is 12.0. The molecule has 1 aromatic carbocycles. The number of hydrogen-bond donors (Lipinski definition) is 3. The van der Waals surface area contributed by atoms with Gasteiger partial charge in [-0.15, -0.1) is 0 Å². The number of methoxy groups -OCH3 is 2. The summed E-state index contributed by atoms with van der Waals surface area (Å²) >= 11 is 0. The molecule has 3 N–H and O–H groups in total. The van der Waals surface area contributed by atoms with Crippen LogP contribution in [0.15, 0.2) is 27.8 Å². The molecule has 1 unspecified atom stereocenters. The SMILES string of the molecule is COc1ccc(OCC(O)CNCCNc2c(C)c(=O)n(C)c(=O)n2C)cc1OC. The predicted molar refractivity (Wildman–Crippen MR) is 114 cm³/mol. The third-order valence-electron chi connectivity index (χ3n) is 4.66. The van der Waals surface area contributed by atoms with Gasteiger partial charge in [-0.25, -0.2) is 4.79 Å². The fraction of sp³-hybridized carbons (Fsp3) is 0.500. The molecule has 0 fully saturated rings. The molecule has 2 rings (SSSR count). The Morgan fingerprint density at radius 3 is 2.43 bits per heavy atom. The molecule has 0 aliphatic carbocycles. The normalized spacial score (nSPS) is 11.8. The van der Waals surface area contributed by atoms with Gasteiger partial charge in [0.1, 0.15) is 24.3 Å². The van der Waals surface area contributed by atoms with Gasteiger partial charge in [-0.1, -0.05) is 0 Å². The highest BCUT2D eigenvalue weighted by molar-refractivity contribution is 5.45. The van der Waals surface area contributed by atoms with Crippen molar-refractivity contribution >= 4 is 5.82 Å². The quantitative estimate of drug-likeness (QED) is 0.428. The average molecular weight is 422 g/mol. The van der Waals surface area contributed by atoms with E-state index in [1.54, 1.807) is 46.4 Å². The van der Waals surface area contributed by atoms with E-state index in [0.29, 0.717) is 48.3 Å². The lowest BCUT2D eigenvalue weighted by Crippen LogP contribution is -2.40. The fourth-order valence-electron chi connectivity index (χ4n) is 2.96. The molecule has 1 atom stereocenters. The van der Waals surface area contributed by atoms with Crippen LogP contribution < -0.4 is 36.1 Å². The van der Waals surface area contributed by atoms with Gasteiger partial charge in [0.05, 0.1) is 19.8 Å². The van der Waals surface area contributed by atoms with E-state index in [-0.39, 0.29) is 17.9 Å². The van der Waals surface area contributed by atoms with Crippen molar-refractivity contribution in [1.29, 1.82) is 0 Å². The Balaban J connectivity index is 1.76. The van der Waals surface area contributed by atoms with Crippen LogP contribution in [-0.2, 0) is 14.1 Å². The van der Waals surface area contributed by atoms with Crippen LogP contribution in [-0.4, -0.2) is 60.8 Å². The van der Waals surface area contributed by atoms with E-state index in [0.717, 1.165) is 4.57 Å². The van der Waals surface area contributed by atoms with Gasteiger partial charge in [0.2, 0.25) is 0 Å². The van der Waals surface area contributed by atoms with E-state index in [9.17, 15) is 14.7 Å². The van der Waals surface area contributed by atoms with E-state index in [4.69, 9.17) is 14.2 Å². The topological polar surface area (TPSA) is 116 Å².